The van der Waals surface area contributed by atoms with Crippen LogP contribution in [0.4, 0.5) is 0 Å². The van der Waals surface area contributed by atoms with Gasteiger partial charge in [0.25, 0.3) is 5.91 Å². The summed E-state index contributed by atoms with van der Waals surface area (Å²) in [7, 11) is 2.58. The summed E-state index contributed by atoms with van der Waals surface area (Å²) in [5.74, 6) is 0.522. The first kappa shape index (κ1) is 27.4. The van der Waals surface area contributed by atoms with Gasteiger partial charge in [-0.15, -0.1) is 0 Å². The van der Waals surface area contributed by atoms with E-state index >= 15 is 0 Å². The smallest absolute Gasteiger partial charge is 0.251 e. The minimum atomic E-state index is -0.781. The number of thioether (sulfide) groups is 1. The lowest BCUT2D eigenvalue weighted by atomic mass is 9.75. The quantitative estimate of drug-likeness (QED) is 0.466. The molecule has 2 aromatic rings. The van der Waals surface area contributed by atoms with Gasteiger partial charge in [0, 0.05) is 31.6 Å². The van der Waals surface area contributed by atoms with Crippen LogP contribution in [0.3, 0.4) is 0 Å². The second kappa shape index (κ2) is 12.7. The minimum absolute atomic E-state index is 0.00457. The third-order valence-electron chi connectivity index (χ3n) is 6.95. The number of nitrogens with one attached hydrogen (secondary N) is 1. The second-order valence-corrected chi connectivity index (χ2v) is 13.6. The molecule has 2 aromatic carbocycles. The summed E-state index contributed by atoms with van der Waals surface area (Å²) in [6, 6.07) is 17.8. The number of amides is 2. The van der Waals surface area contributed by atoms with Gasteiger partial charge in [-0.3, -0.25) is 14.4 Å². The number of carbonyl (C=O) groups excluding carboxylic acids is 3. The lowest BCUT2D eigenvalue weighted by molar-refractivity contribution is -0.134. The molecule has 7 heteroatoms. The number of rotatable bonds is 10. The van der Waals surface area contributed by atoms with Crippen LogP contribution in [0.25, 0.3) is 0 Å². The average molecular weight is 513 g/mol. The molecule has 188 valence electrons. The first-order chi connectivity index (χ1) is 16.7. The van der Waals surface area contributed by atoms with Crippen molar-refractivity contribution >= 4 is 47.2 Å². The van der Waals surface area contributed by atoms with E-state index in [4.69, 9.17) is 0 Å². The fourth-order valence-electron chi connectivity index (χ4n) is 4.68. The van der Waals surface area contributed by atoms with E-state index in [0.717, 1.165) is 5.30 Å². The third-order valence-corrected chi connectivity index (χ3v) is 10.8. The molecule has 0 heterocycles. The largest absolute Gasteiger partial charge is 0.355 e. The van der Waals surface area contributed by atoms with Gasteiger partial charge in [0.05, 0.1) is 6.54 Å². The van der Waals surface area contributed by atoms with Crippen LogP contribution in [0.2, 0.25) is 0 Å². The topological polar surface area (TPSA) is 66.5 Å². The number of likely N-dealkylation sites (N-methyl/N-ethyl adjacent to an activating group) is 1. The normalized spacial score (nSPS) is 15.0. The molecule has 0 saturated heterocycles. The van der Waals surface area contributed by atoms with Gasteiger partial charge < -0.3 is 10.2 Å². The Bertz CT molecular complexity index is 1000. The highest BCUT2D eigenvalue weighted by atomic mass is 32.2. The molecule has 1 aliphatic carbocycles. The Hall–Kier alpha value is -2.17. The molecule has 0 aromatic heterocycles. The molecule has 0 radical (unpaired) electrons. The van der Waals surface area contributed by atoms with Crippen LogP contribution in [0.1, 0.15) is 56.3 Å². The summed E-state index contributed by atoms with van der Waals surface area (Å²) in [4.78, 5) is 39.2. The van der Waals surface area contributed by atoms with E-state index < -0.39 is 7.92 Å². The number of carbonyl (C=O) groups is 3. The molecule has 0 spiro atoms. The van der Waals surface area contributed by atoms with E-state index in [2.05, 4.69) is 31.3 Å². The van der Waals surface area contributed by atoms with E-state index in [-0.39, 0.29) is 28.9 Å². The van der Waals surface area contributed by atoms with Crippen molar-refractivity contribution in [3.8, 4) is 0 Å². The van der Waals surface area contributed by atoms with Gasteiger partial charge >= 0.3 is 0 Å². The van der Waals surface area contributed by atoms with Gasteiger partial charge in [-0.1, -0.05) is 80.9 Å². The third kappa shape index (κ3) is 7.65. The maximum atomic E-state index is 12.9. The van der Waals surface area contributed by atoms with Crippen molar-refractivity contribution in [1.82, 2.24) is 10.2 Å². The first-order valence-corrected chi connectivity index (χ1v) is 14.8. The van der Waals surface area contributed by atoms with Crippen LogP contribution in [-0.4, -0.2) is 48.0 Å². The second-order valence-electron chi connectivity index (χ2n) is 9.93. The van der Waals surface area contributed by atoms with E-state index in [9.17, 15) is 14.4 Å². The molecule has 1 fully saturated rings. The predicted molar refractivity (Wildman–Crippen MR) is 148 cm³/mol. The van der Waals surface area contributed by atoms with Gasteiger partial charge in [0.15, 0.2) is 0 Å². The molecule has 0 bridgehead atoms. The standard InChI is InChI=1S/C28H37N2O3PS/c1-28(2,22-10-8-9-11-22)18-25(31)30(4)19-26(32)35-20-34(23-12-6-5-7-13-23)24-16-14-21(15-17-24)27(33)29-3/h5-7,12-17,22H,8-11,18-20H2,1-4H3,(H,29,33). The zero-order valence-corrected chi connectivity index (χ0v) is 23.0. The fraction of sp³-hybridized carbons (Fsp3) is 0.464. The molecule has 1 atom stereocenters. The fourth-order valence-corrected chi connectivity index (χ4v) is 8.59. The summed E-state index contributed by atoms with van der Waals surface area (Å²) >= 11 is 1.29. The van der Waals surface area contributed by atoms with E-state index in [1.165, 1.54) is 42.7 Å². The molecule has 3 rings (SSSR count). The van der Waals surface area contributed by atoms with Crippen LogP contribution >= 0.6 is 19.7 Å². The van der Waals surface area contributed by atoms with Gasteiger partial charge in [-0.2, -0.15) is 0 Å². The molecule has 1 N–H and O–H groups in total. The lowest BCUT2D eigenvalue weighted by Crippen LogP contribution is -2.36. The maximum Gasteiger partial charge on any atom is 0.251 e. The first-order valence-electron chi connectivity index (χ1n) is 12.3. The minimum Gasteiger partial charge on any atom is -0.355 e. The molecular weight excluding hydrogens is 475 g/mol. The van der Waals surface area contributed by atoms with Crippen LogP contribution in [0, 0.1) is 11.3 Å². The monoisotopic (exact) mass is 512 g/mol. The Balaban J connectivity index is 1.61. The van der Waals surface area contributed by atoms with Crippen molar-refractivity contribution in [2.24, 2.45) is 11.3 Å². The Morgan fingerprint density at radius 1 is 1.00 bits per heavy atom. The highest BCUT2D eigenvalue weighted by Crippen LogP contribution is 2.42. The average Bonchev–Trinajstić information content (AvgIpc) is 3.41. The van der Waals surface area contributed by atoms with E-state index in [1.54, 1.807) is 19.0 Å². The summed E-state index contributed by atoms with van der Waals surface area (Å²) in [5.41, 5.74) is 1.22. The summed E-state index contributed by atoms with van der Waals surface area (Å²) in [5, 5.41) is 4.94. The molecule has 1 aliphatic rings. The molecule has 35 heavy (non-hydrogen) atoms. The van der Waals surface area contributed by atoms with Crippen molar-refractivity contribution in [1.29, 1.82) is 0 Å². The Morgan fingerprint density at radius 3 is 2.20 bits per heavy atom. The van der Waals surface area contributed by atoms with Crippen molar-refractivity contribution in [2.75, 3.05) is 26.1 Å². The zero-order chi connectivity index (χ0) is 25.4. The molecule has 1 unspecified atom stereocenters. The van der Waals surface area contributed by atoms with Crippen molar-refractivity contribution in [2.45, 2.75) is 46.0 Å². The summed E-state index contributed by atoms with van der Waals surface area (Å²) in [6.45, 7) is 4.50. The molecule has 2 amide bonds. The van der Waals surface area contributed by atoms with Crippen LogP contribution in [0.5, 0.6) is 0 Å². The highest BCUT2D eigenvalue weighted by Gasteiger charge is 2.34. The molecule has 5 nitrogen and oxygen atoms in total. The highest BCUT2D eigenvalue weighted by molar-refractivity contribution is 8.18. The zero-order valence-electron chi connectivity index (χ0n) is 21.3. The molecule has 0 aliphatic heterocycles. The van der Waals surface area contributed by atoms with Crippen LogP contribution in [0.15, 0.2) is 54.6 Å². The SMILES string of the molecule is CNC(=O)c1ccc(P(CSC(=O)CN(C)C(=O)CC(C)(C)C2CCCC2)c2ccccc2)cc1. The Labute approximate surface area is 215 Å². The van der Waals surface area contributed by atoms with E-state index in [1.807, 2.05) is 42.5 Å². The van der Waals surface area contributed by atoms with Crippen molar-refractivity contribution in [3.05, 3.63) is 60.2 Å². The van der Waals surface area contributed by atoms with Crippen molar-refractivity contribution < 1.29 is 14.4 Å². The maximum absolute atomic E-state index is 12.9. The van der Waals surface area contributed by atoms with Gasteiger partial charge in [0.1, 0.15) is 0 Å². The van der Waals surface area contributed by atoms with Gasteiger partial charge in [0.2, 0.25) is 11.0 Å². The van der Waals surface area contributed by atoms with Gasteiger partial charge in [-0.05, 0) is 54.8 Å². The van der Waals surface area contributed by atoms with Crippen molar-refractivity contribution in [3.63, 3.8) is 0 Å². The van der Waals surface area contributed by atoms with Gasteiger partial charge in [-0.25, -0.2) is 0 Å². The summed E-state index contributed by atoms with van der Waals surface area (Å²) in [6.07, 6.45) is 5.40. The predicted octanol–water partition coefficient (Wildman–Crippen LogP) is 4.76. The van der Waals surface area contributed by atoms with E-state index in [0.29, 0.717) is 23.4 Å². The Kier molecular flexibility index (Phi) is 9.94. The molecular formula is C28H37N2O3PS. The van der Waals surface area contributed by atoms with Crippen LogP contribution < -0.4 is 15.9 Å². The number of nitrogens with zero attached hydrogens (tertiary/aromatic N) is 1. The Morgan fingerprint density at radius 2 is 1.60 bits per heavy atom. The summed E-state index contributed by atoms with van der Waals surface area (Å²) < 4.78 is 0. The number of hydrogen-bond acceptors (Lipinski definition) is 4. The number of benzene rings is 2. The molecule has 1 saturated carbocycles. The van der Waals surface area contributed by atoms with Crippen LogP contribution in [-0.2, 0) is 9.59 Å². The lowest BCUT2D eigenvalue weighted by Gasteiger charge is -2.32. The number of hydrogen-bond donors (Lipinski definition) is 1.